The molecule has 2 rings (SSSR count). The molecule has 1 saturated carbocycles. The number of anilines is 1. The maximum absolute atomic E-state index is 11.1. The van der Waals surface area contributed by atoms with Gasteiger partial charge >= 0.3 is 0 Å². The van der Waals surface area contributed by atoms with Crippen LogP contribution >= 0.6 is 0 Å². The van der Waals surface area contributed by atoms with E-state index in [1.165, 1.54) is 19.3 Å². The highest BCUT2D eigenvalue weighted by molar-refractivity contribution is 5.96. The Hall–Kier alpha value is -1.52. The van der Waals surface area contributed by atoms with E-state index in [1.54, 1.807) is 6.20 Å². The normalized spacial score (nSPS) is 25.6. The number of carbonyl (C=O) groups excluding carboxylic acids is 1. The Morgan fingerprint density at radius 3 is 2.75 bits per heavy atom. The third-order valence-corrected chi connectivity index (χ3v) is 3.43. The molecule has 0 spiro atoms. The predicted octanol–water partition coefficient (Wildman–Crippen LogP) is 1.32. The molecule has 16 heavy (non-hydrogen) atoms. The van der Waals surface area contributed by atoms with Gasteiger partial charge < -0.3 is 11.5 Å². The average molecular weight is 222 g/mol. The number of nitrogen functional groups attached to an aromatic ring is 1. The summed E-state index contributed by atoms with van der Waals surface area (Å²) < 4.78 is 1.82. The van der Waals surface area contributed by atoms with Crippen LogP contribution < -0.4 is 11.5 Å². The van der Waals surface area contributed by atoms with Crippen molar-refractivity contribution >= 4 is 11.7 Å². The summed E-state index contributed by atoms with van der Waals surface area (Å²) in [7, 11) is 0. The molecule has 4 N–H and O–H groups in total. The molecule has 1 aliphatic carbocycles. The third-order valence-electron chi connectivity index (χ3n) is 3.43. The lowest BCUT2D eigenvalue weighted by Gasteiger charge is -2.28. The fourth-order valence-electron chi connectivity index (χ4n) is 2.45. The molecule has 2 unspecified atom stereocenters. The highest BCUT2D eigenvalue weighted by Gasteiger charge is 2.25. The minimum absolute atomic E-state index is 0.241. The van der Waals surface area contributed by atoms with Gasteiger partial charge in [0.25, 0.3) is 5.91 Å². The second-order valence-corrected chi connectivity index (χ2v) is 4.60. The molecular weight excluding hydrogens is 204 g/mol. The molecule has 1 amide bonds. The number of carbonyl (C=O) groups is 1. The van der Waals surface area contributed by atoms with Gasteiger partial charge in [-0.2, -0.15) is 5.10 Å². The molecule has 1 fully saturated rings. The van der Waals surface area contributed by atoms with Crippen LogP contribution in [0.2, 0.25) is 0 Å². The number of aromatic nitrogens is 2. The molecular formula is C11H18N4O. The zero-order valence-corrected chi connectivity index (χ0v) is 9.52. The van der Waals surface area contributed by atoms with E-state index >= 15 is 0 Å². The Labute approximate surface area is 94.8 Å². The molecule has 0 aromatic carbocycles. The monoisotopic (exact) mass is 222 g/mol. The topological polar surface area (TPSA) is 86.9 Å². The van der Waals surface area contributed by atoms with Crippen molar-refractivity contribution in [3.63, 3.8) is 0 Å². The summed E-state index contributed by atoms with van der Waals surface area (Å²) >= 11 is 0. The van der Waals surface area contributed by atoms with Crippen LogP contribution in [0.5, 0.6) is 0 Å². The van der Waals surface area contributed by atoms with E-state index < -0.39 is 5.91 Å². The minimum atomic E-state index is -0.507. The second-order valence-electron chi connectivity index (χ2n) is 4.60. The first-order chi connectivity index (χ1) is 7.59. The summed E-state index contributed by atoms with van der Waals surface area (Å²) in [6.45, 7) is 2.21. The van der Waals surface area contributed by atoms with Crippen molar-refractivity contribution in [2.75, 3.05) is 5.73 Å². The Morgan fingerprint density at radius 2 is 2.19 bits per heavy atom. The summed E-state index contributed by atoms with van der Waals surface area (Å²) in [6.07, 6.45) is 6.47. The van der Waals surface area contributed by atoms with E-state index in [0.29, 0.717) is 17.5 Å². The molecule has 0 bridgehead atoms. The molecule has 1 aliphatic rings. The van der Waals surface area contributed by atoms with E-state index in [9.17, 15) is 4.79 Å². The Balaban J connectivity index is 2.26. The largest absolute Gasteiger partial charge is 0.382 e. The molecule has 88 valence electrons. The Bertz CT molecular complexity index is 399. The summed E-state index contributed by atoms with van der Waals surface area (Å²) in [4.78, 5) is 11.1. The highest BCUT2D eigenvalue weighted by Crippen LogP contribution is 2.33. The zero-order chi connectivity index (χ0) is 11.7. The Morgan fingerprint density at radius 1 is 1.50 bits per heavy atom. The lowest BCUT2D eigenvalue weighted by Crippen LogP contribution is -2.21. The minimum Gasteiger partial charge on any atom is -0.382 e. The van der Waals surface area contributed by atoms with Crippen molar-refractivity contribution in [2.24, 2.45) is 11.7 Å². The number of primary amides is 1. The van der Waals surface area contributed by atoms with E-state index in [-0.39, 0.29) is 5.82 Å². The lowest BCUT2D eigenvalue weighted by molar-refractivity contribution is 0.100. The first-order valence-electron chi connectivity index (χ1n) is 5.74. The van der Waals surface area contributed by atoms with Gasteiger partial charge in [-0.05, 0) is 18.8 Å². The predicted molar refractivity (Wildman–Crippen MR) is 61.8 cm³/mol. The molecule has 2 atom stereocenters. The van der Waals surface area contributed by atoms with Gasteiger partial charge in [-0.15, -0.1) is 0 Å². The van der Waals surface area contributed by atoms with Gasteiger partial charge in [0.1, 0.15) is 5.56 Å². The van der Waals surface area contributed by atoms with Crippen LogP contribution in [0.1, 0.15) is 49.0 Å². The van der Waals surface area contributed by atoms with Crippen molar-refractivity contribution in [1.29, 1.82) is 0 Å². The summed E-state index contributed by atoms with van der Waals surface area (Å²) in [5, 5.41) is 4.20. The van der Waals surface area contributed by atoms with Gasteiger partial charge in [-0.1, -0.05) is 19.8 Å². The van der Waals surface area contributed by atoms with Crippen molar-refractivity contribution < 1.29 is 4.79 Å². The molecule has 5 nitrogen and oxygen atoms in total. The van der Waals surface area contributed by atoms with Crippen LogP contribution in [0, 0.1) is 5.92 Å². The van der Waals surface area contributed by atoms with E-state index in [1.807, 2.05) is 4.68 Å². The van der Waals surface area contributed by atoms with Crippen LogP contribution in [0.4, 0.5) is 5.82 Å². The number of amides is 1. The van der Waals surface area contributed by atoms with Gasteiger partial charge in [-0.3, -0.25) is 9.48 Å². The van der Waals surface area contributed by atoms with Crippen LogP contribution in [0.25, 0.3) is 0 Å². The molecule has 0 aliphatic heterocycles. The first-order valence-corrected chi connectivity index (χ1v) is 5.74. The molecule has 1 heterocycles. The van der Waals surface area contributed by atoms with Gasteiger partial charge in [0.05, 0.1) is 6.04 Å². The summed E-state index contributed by atoms with van der Waals surface area (Å²) in [5.74, 6) is 0.311. The van der Waals surface area contributed by atoms with Crippen LogP contribution in [0.3, 0.4) is 0 Å². The van der Waals surface area contributed by atoms with Gasteiger partial charge in [0.2, 0.25) is 0 Å². The van der Waals surface area contributed by atoms with Crippen LogP contribution in [-0.2, 0) is 0 Å². The van der Waals surface area contributed by atoms with E-state index in [4.69, 9.17) is 11.5 Å². The zero-order valence-electron chi connectivity index (χ0n) is 9.52. The van der Waals surface area contributed by atoms with Gasteiger partial charge in [0.15, 0.2) is 5.82 Å². The third kappa shape index (κ3) is 1.89. The van der Waals surface area contributed by atoms with Crippen molar-refractivity contribution in [2.45, 2.75) is 38.6 Å². The van der Waals surface area contributed by atoms with Crippen LogP contribution in [-0.4, -0.2) is 15.7 Å². The fraction of sp³-hybridized carbons (Fsp3) is 0.636. The number of nitrogens with two attached hydrogens (primary N) is 2. The van der Waals surface area contributed by atoms with Gasteiger partial charge in [-0.25, -0.2) is 0 Å². The van der Waals surface area contributed by atoms with Crippen molar-refractivity contribution in [3.05, 3.63) is 11.8 Å². The number of rotatable bonds is 2. The standard InChI is InChI=1S/C11H18N4O/c1-7-4-2-3-5-9(7)15-6-8(11(13)16)10(12)14-15/h6-7,9H,2-5H2,1H3,(H2,12,14)(H2,13,16). The average Bonchev–Trinajstić information content (AvgIpc) is 2.61. The van der Waals surface area contributed by atoms with E-state index in [2.05, 4.69) is 12.0 Å². The maximum atomic E-state index is 11.1. The smallest absolute Gasteiger partial charge is 0.254 e. The summed E-state index contributed by atoms with van der Waals surface area (Å²) in [6, 6.07) is 0.351. The molecule has 0 saturated heterocycles. The van der Waals surface area contributed by atoms with Gasteiger partial charge in [0, 0.05) is 6.20 Å². The SMILES string of the molecule is CC1CCCCC1n1cc(C(N)=O)c(N)n1. The van der Waals surface area contributed by atoms with Crippen LogP contribution in [0.15, 0.2) is 6.20 Å². The maximum Gasteiger partial charge on any atom is 0.254 e. The first kappa shape index (κ1) is 11.0. The molecule has 1 aromatic heterocycles. The highest BCUT2D eigenvalue weighted by atomic mass is 16.1. The fourth-order valence-corrected chi connectivity index (χ4v) is 2.45. The number of hydrogen-bond acceptors (Lipinski definition) is 3. The summed E-state index contributed by atoms with van der Waals surface area (Å²) in [5.41, 5.74) is 11.2. The molecule has 0 radical (unpaired) electrons. The Kier molecular flexibility index (Phi) is 2.85. The number of hydrogen-bond donors (Lipinski definition) is 2. The van der Waals surface area contributed by atoms with Crippen molar-refractivity contribution in [3.8, 4) is 0 Å². The molecule has 1 aromatic rings. The number of nitrogens with zero attached hydrogens (tertiary/aromatic N) is 2. The van der Waals surface area contributed by atoms with E-state index in [0.717, 1.165) is 6.42 Å². The quantitative estimate of drug-likeness (QED) is 0.791. The molecule has 5 heteroatoms. The van der Waals surface area contributed by atoms with Crippen molar-refractivity contribution in [1.82, 2.24) is 9.78 Å². The second kappa shape index (κ2) is 4.15. The lowest BCUT2D eigenvalue weighted by atomic mass is 9.86.